The van der Waals surface area contributed by atoms with Crippen molar-refractivity contribution in [3.63, 3.8) is 0 Å². The van der Waals surface area contributed by atoms with Gasteiger partial charge in [-0.3, -0.25) is 19.5 Å². The number of hydrogen-bond donors (Lipinski definition) is 3. The Morgan fingerprint density at radius 1 is 1.17 bits per heavy atom. The van der Waals surface area contributed by atoms with Crippen LogP contribution in [0.15, 0.2) is 66.1 Å². The van der Waals surface area contributed by atoms with Crippen molar-refractivity contribution in [2.45, 2.75) is 37.1 Å². The molecule has 0 aliphatic carbocycles. The zero-order chi connectivity index (χ0) is 25.8. The van der Waals surface area contributed by atoms with Gasteiger partial charge in [0, 0.05) is 36.0 Å². The van der Waals surface area contributed by atoms with E-state index in [1.54, 1.807) is 36.4 Å². The summed E-state index contributed by atoms with van der Waals surface area (Å²) in [7, 11) is 0. The molecule has 11 nitrogen and oxygen atoms in total. The van der Waals surface area contributed by atoms with Gasteiger partial charge in [0.15, 0.2) is 5.60 Å². The number of nitrogens with zero attached hydrogens (tertiary/aromatic N) is 3. The summed E-state index contributed by atoms with van der Waals surface area (Å²) in [6.45, 7) is 1.74. The number of carboxylic acid groups (broad SMARTS) is 1. The number of benzene rings is 1. The van der Waals surface area contributed by atoms with Gasteiger partial charge >= 0.3 is 12.1 Å². The summed E-state index contributed by atoms with van der Waals surface area (Å²) in [5.74, 6) is -2.54. The van der Waals surface area contributed by atoms with Gasteiger partial charge in [0.25, 0.3) is 5.91 Å². The average Bonchev–Trinajstić information content (AvgIpc) is 3.24. The van der Waals surface area contributed by atoms with Gasteiger partial charge in [0.05, 0.1) is 6.04 Å². The molecule has 1 aromatic heterocycles. The normalized spacial score (nSPS) is 24.9. The third-order valence-electron chi connectivity index (χ3n) is 7.38. The van der Waals surface area contributed by atoms with Crippen LogP contribution in [0.4, 0.5) is 4.79 Å². The molecule has 1 unspecified atom stereocenters. The molecule has 0 radical (unpaired) electrons. The van der Waals surface area contributed by atoms with Crippen molar-refractivity contribution in [1.29, 1.82) is 0 Å². The summed E-state index contributed by atoms with van der Waals surface area (Å²) < 4.78 is 5.51. The molecular formula is C25H25N5O6. The second-order valence-corrected chi connectivity index (χ2v) is 9.31. The molecule has 11 heteroatoms. The van der Waals surface area contributed by atoms with Gasteiger partial charge in [0.1, 0.15) is 17.8 Å². The molecule has 3 aliphatic heterocycles. The standard InChI is InChI=1S/C25H25N5O6/c1-25(36-24(27)35,15-7-9-28-10-8-15)16-11-14-12-29(21(31)17(26)13-5-3-2-4-6-13)20-18(14)30(22(20)32)19(16)23(33)34/h2-10,14,17-18,20H,11-12,26H2,1H3,(H2,27,35)(H,33,34)/t14-,17-,18-,20+,25?/m1/s1. The number of aromatic nitrogens is 1. The van der Waals surface area contributed by atoms with Gasteiger partial charge in [-0.1, -0.05) is 30.3 Å². The third-order valence-corrected chi connectivity index (χ3v) is 7.38. The molecule has 2 fully saturated rings. The van der Waals surface area contributed by atoms with Gasteiger partial charge in [-0.2, -0.15) is 0 Å². The zero-order valence-electron chi connectivity index (χ0n) is 19.4. The average molecular weight is 492 g/mol. The summed E-state index contributed by atoms with van der Waals surface area (Å²) >= 11 is 0. The molecule has 2 saturated heterocycles. The maximum Gasteiger partial charge on any atom is 0.405 e. The van der Waals surface area contributed by atoms with Crippen LogP contribution in [0.1, 0.15) is 30.5 Å². The molecule has 5 rings (SSSR count). The predicted molar refractivity (Wildman–Crippen MR) is 125 cm³/mol. The van der Waals surface area contributed by atoms with E-state index < -0.39 is 47.6 Å². The fourth-order valence-corrected chi connectivity index (χ4v) is 5.73. The number of likely N-dealkylation sites (tertiary alicyclic amines) is 1. The number of rotatable bonds is 6. The summed E-state index contributed by atoms with van der Waals surface area (Å²) in [6.07, 6.45) is 2.04. The Labute approximate surface area is 206 Å². The lowest BCUT2D eigenvalue weighted by Gasteiger charge is -2.51. The first kappa shape index (κ1) is 23.5. The first-order valence-electron chi connectivity index (χ1n) is 11.4. The van der Waals surface area contributed by atoms with E-state index in [1.165, 1.54) is 29.1 Å². The van der Waals surface area contributed by atoms with Crippen molar-refractivity contribution in [3.8, 4) is 0 Å². The van der Waals surface area contributed by atoms with Crippen LogP contribution in [0.5, 0.6) is 0 Å². The number of aliphatic carboxylic acids is 1. The van der Waals surface area contributed by atoms with Crippen LogP contribution in [-0.4, -0.2) is 62.4 Å². The lowest BCUT2D eigenvalue weighted by atomic mass is 9.73. The fraction of sp³-hybridized carbons (Fsp3) is 0.320. The third kappa shape index (κ3) is 3.42. The number of carbonyl (C=O) groups is 4. The molecule has 1 aromatic carbocycles. The lowest BCUT2D eigenvalue weighted by Crippen LogP contribution is -2.70. The number of pyridine rings is 1. The first-order chi connectivity index (χ1) is 17.1. The second kappa shape index (κ2) is 8.45. The Hall–Kier alpha value is -4.25. The summed E-state index contributed by atoms with van der Waals surface area (Å²) in [5, 5.41) is 10.2. The van der Waals surface area contributed by atoms with Gasteiger partial charge in [-0.15, -0.1) is 0 Å². The SMILES string of the molecule is CC(OC(N)=O)(C1=C(C(=O)O)N2C(=O)[C@@H]3[C@H]2[C@H](C1)CN3C(=O)[C@H](N)c1ccccc1)c1ccncc1. The molecule has 0 saturated carbocycles. The maximum absolute atomic E-state index is 13.3. The predicted octanol–water partition coefficient (Wildman–Crippen LogP) is 0.872. The second-order valence-electron chi connectivity index (χ2n) is 9.31. The van der Waals surface area contributed by atoms with E-state index in [0.717, 1.165) is 0 Å². The number of hydrogen-bond acceptors (Lipinski definition) is 7. The molecule has 36 heavy (non-hydrogen) atoms. The first-order valence-corrected chi connectivity index (χ1v) is 11.4. The molecule has 5 N–H and O–H groups in total. The van der Waals surface area contributed by atoms with Crippen molar-refractivity contribution in [2.75, 3.05) is 6.54 Å². The monoisotopic (exact) mass is 491 g/mol. The van der Waals surface area contributed by atoms with Crippen molar-refractivity contribution in [1.82, 2.24) is 14.8 Å². The Balaban J connectivity index is 1.54. The Morgan fingerprint density at radius 2 is 1.83 bits per heavy atom. The summed E-state index contributed by atoms with van der Waals surface area (Å²) in [4.78, 5) is 57.7. The van der Waals surface area contributed by atoms with Crippen molar-refractivity contribution in [2.24, 2.45) is 17.4 Å². The van der Waals surface area contributed by atoms with Gasteiger partial charge in [0.2, 0.25) is 5.91 Å². The fourth-order valence-electron chi connectivity index (χ4n) is 5.73. The van der Waals surface area contributed by atoms with E-state index in [9.17, 15) is 24.3 Å². The Morgan fingerprint density at radius 3 is 2.44 bits per heavy atom. The van der Waals surface area contributed by atoms with Crippen LogP contribution < -0.4 is 11.5 Å². The quantitative estimate of drug-likeness (QED) is 0.500. The number of carbonyl (C=O) groups excluding carboxylic acids is 3. The number of carboxylic acids is 1. The smallest absolute Gasteiger partial charge is 0.405 e. The van der Waals surface area contributed by atoms with E-state index in [0.29, 0.717) is 11.1 Å². The topological polar surface area (TPSA) is 169 Å². The van der Waals surface area contributed by atoms with E-state index in [1.807, 2.05) is 6.07 Å². The molecule has 0 spiro atoms. The number of β-lactam (4-membered cyclic amide) rings is 1. The molecule has 5 atom stereocenters. The largest absolute Gasteiger partial charge is 0.477 e. The highest BCUT2D eigenvalue weighted by molar-refractivity contribution is 6.03. The van der Waals surface area contributed by atoms with E-state index >= 15 is 0 Å². The number of amides is 3. The molecule has 0 bridgehead atoms. The minimum atomic E-state index is -1.57. The minimum Gasteiger partial charge on any atom is -0.477 e. The highest BCUT2D eigenvalue weighted by atomic mass is 16.6. The van der Waals surface area contributed by atoms with Crippen LogP contribution in [-0.2, 0) is 24.7 Å². The summed E-state index contributed by atoms with van der Waals surface area (Å²) in [6, 6.07) is 9.76. The Kier molecular flexibility index (Phi) is 5.51. The highest BCUT2D eigenvalue weighted by Gasteiger charge is 2.65. The van der Waals surface area contributed by atoms with E-state index in [-0.39, 0.29) is 30.2 Å². The van der Waals surface area contributed by atoms with Crippen molar-refractivity contribution >= 4 is 23.9 Å². The molecule has 2 aromatic rings. The van der Waals surface area contributed by atoms with Crippen LogP contribution in [0.3, 0.4) is 0 Å². The zero-order valence-corrected chi connectivity index (χ0v) is 19.4. The number of primary amides is 1. The van der Waals surface area contributed by atoms with E-state index in [4.69, 9.17) is 16.2 Å². The highest BCUT2D eigenvalue weighted by Crippen LogP contribution is 2.52. The van der Waals surface area contributed by atoms with Gasteiger partial charge in [-0.05, 0) is 31.0 Å². The number of ether oxygens (including phenoxy) is 1. The van der Waals surface area contributed by atoms with Crippen LogP contribution in [0, 0.1) is 5.92 Å². The van der Waals surface area contributed by atoms with Crippen LogP contribution in [0.25, 0.3) is 0 Å². The van der Waals surface area contributed by atoms with Crippen LogP contribution >= 0.6 is 0 Å². The van der Waals surface area contributed by atoms with E-state index in [2.05, 4.69) is 4.98 Å². The molecule has 4 heterocycles. The molecular weight excluding hydrogens is 466 g/mol. The lowest BCUT2D eigenvalue weighted by molar-refractivity contribution is -0.161. The maximum atomic E-state index is 13.3. The Bertz CT molecular complexity index is 1280. The van der Waals surface area contributed by atoms with Crippen molar-refractivity contribution in [3.05, 3.63) is 77.3 Å². The van der Waals surface area contributed by atoms with Gasteiger partial charge in [-0.25, -0.2) is 9.59 Å². The van der Waals surface area contributed by atoms with Crippen LogP contribution in [0.2, 0.25) is 0 Å². The summed E-state index contributed by atoms with van der Waals surface area (Å²) in [5.41, 5.74) is 11.1. The minimum absolute atomic E-state index is 0.170. The molecule has 3 aliphatic rings. The number of nitrogens with two attached hydrogens (primary N) is 2. The van der Waals surface area contributed by atoms with Gasteiger partial charge < -0.3 is 26.2 Å². The molecule has 186 valence electrons. The van der Waals surface area contributed by atoms with Crippen molar-refractivity contribution < 1.29 is 29.0 Å². The molecule has 3 amide bonds.